The van der Waals surface area contributed by atoms with Gasteiger partial charge in [0.25, 0.3) is 0 Å². The van der Waals surface area contributed by atoms with Gasteiger partial charge in [-0.05, 0) is 31.0 Å². The van der Waals surface area contributed by atoms with Gasteiger partial charge in [-0.1, -0.05) is 0 Å². The number of pyridine rings is 1. The van der Waals surface area contributed by atoms with Crippen LogP contribution in [0.2, 0.25) is 0 Å². The van der Waals surface area contributed by atoms with E-state index in [2.05, 4.69) is 4.90 Å². The molecule has 1 saturated carbocycles. The van der Waals surface area contributed by atoms with Gasteiger partial charge in [-0.2, -0.15) is 0 Å². The third-order valence-corrected chi connectivity index (χ3v) is 4.56. The summed E-state index contributed by atoms with van der Waals surface area (Å²) >= 11 is 0. The average Bonchev–Trinajstić information content (AvgIpc) is 3.40. The van der Waals surface area contributed by atoms with Crippen LogP contribution in [0.4, 0.5) is 5.69 Å². The largest absolute Gasteiger partial charge is 0.477 e. The number of hydrogen-bond donors (Lipinski definition) is 1. The Morgan fingerprint density at radius 2 is 1.96 bits per heavy atom. The highest BCUT2D eigenvalue weighted by Gasteiger charge is 2.27. The summed E-state index contributed by atoms with van der Waals surface area (Å²) in [6, 6.07) is 6.08. The molecule has 0 spiro atoms. The molecular weight excluding hydrogens is 296 g/mol. The highest BCUT2D eigenvalue weighted by molar-refractivity contribution is 5.93. The van der Waals surface area contributed by atoms with Gasteiger partial charge in [0.15, 0.2) is 0 Å². The number of ether oxygens (including phenoxy) is 1. The van der Waals surface area contributed by atoms with Crippen molar-refractivity contribution in [1.29, 1.82) is 0 Å². The van der Waals surface area contributed by atoms with E-state index in [1.165, 1.54) is 6.20 Å². The minimum Gasteiger partial charge on any atom is -0.477 e. The summed E-state index contributed by atoms with van der Waals surface area (Å²) in [7, 11) is 0. The second kappa shape index (κ2) is 5.38. The fourth-order valence-electron chi connectivity index (χ4n) is 3.17. The molecule has 0 radical (unpaired) electrons. The number of hydrogen-bond acceptors (Lipinski definition) is 4. The van der Waals surface area contributed by atoms with Crippen LogP contribution in [0.3, 0.4) is 0 Å². The Bertz CT molecular complexity index is 832. The van der Waals surface area contributed by atoms with E-state index in [9.17, 15) is 14.7 Å². The van der Waals surface area contributed by atoms with E-state index in [-0.39, 0.29) is 5.56 Å². The number of morpholine rings is 1. The first kappa shape index (κ1) is 14.3. The Hall–Kier alpha value is -2.34. The van der Waals surface area contributed by atoms with E-state index in [1.807, 2.05) is 22.8 Å². The molecule has 1 aromatic carbocycles. The molecule has 23 heavy (non-hydrogen) atoms. The monoisotopic (exact) mass is 314 g/mol. The number of carboxylic acids is 1. The first-order chi connectivity index (χ1) is 11.1. The number of carbonyl (C=O) groups is 1. The van der Waals surface area contributed by atoms with Crippen LogP contribution in [0.15, 0.2) is 29.2 Å². The predicted octanol–water partition coefficient (Wildman–Crippen LogP) is 1.87. The van der Waals surface area contributed by atoms with Gasteiger partial charge in [-0.15, -0.1) is 0 Å². The zero-order chi connectivity index (χ0) is 16.0. The summed E-state index contributed by atoms with van der Waals surface area (Å²) in [6.07, 6.45) is 3.56. The average molecular weight is 314 g/mol. The van der Waals surface area contributed by atoms with E-state index in [0.717, 1.165) is 37.1 Å². The first-order valence-corrected chi connectivity index (χ1v) is 7.90. The standard InChI is InChI=1S/C17H18N2O4/c20-16-13-9-12(18-5-7-23-8-6-18)3-4-15(13)19(11-1-2-11)10-14(16)17(21)22/h3-4,9-11H,1-2,5-8H2,(H,21,22). The van der Waals surface area contributed by atoms with Crippen LogP contribution in [-0.4, -0.2) is 41.9 Å². The normalized spacial score (nSPS) is 18.3. The number of aromatic carboxylic acids is 1. The van der Waals surface area contributed by atoms with Crippen molar-refractivity contribution in [3.8, 4) is 0 Å². The van der Waals surface area contributed by atoms with Crippen molar-refractivity contribution >= 4 is 22.6 Å². The second-order valence-electron chi connectivity index (χ2n) is 6.12. The van der Waals surface area contributed by atoms with Gasteiger partial charge < -0.3 is 19.3 Å². The number of aromatic nitrogens is 1. The molecular formula is C17H18N2O4. The summed E-state index contributed by atoms with van der Waals surface area (Å²) in [4.78, 5) is 26.1. The topological polar surface area (TPSA) is 71.8 Å². The first-order valence-electron chi connectivity index (χ1n) is 7.90. The van der Waals surface area contributed by atoms with Crippen molar-refractivity contribution in [3.05, 3.63) is 40.2 Å². The second-order valence-corrected chi connectivity index (χ2v) is 6.12. The van der Waals surface area contributed by atoms with Crippen molar-refractivity contribution in [2.75, 3.05) is 31.2 Å². The van der Waals surface area contributed by atoms with Gasteiger partial charge in [0, 0.05) is 36.4 Å². The highest BCUT2D eigenvalue weighted by atomic mass is 16.5. The SMILES string of the molecule is O=C(O)c1cn(C2CC2)c2ccc(N3CCOCC3)cc2c1=O. The molecule has 2 aliphatic rings. The molecule has 120 valence electrons. The zero-order valence-electron chi connectivity index (χ0n) is 12.7. The Morgan fingerprint density at radius 1 is 1.22 bits per heavy atom. The smallest absolute Gasteiger partial charge is 0.341 e. The molecule has 2 aromatic rings. The fourth-order valence-corrected chi connectivity index (χ4v) is 3.17. The third kappa shape index (κ3) is 2.49. The van der Waals surface area contributed by atoms with E-state index in [0.29, 0.717) is 24.6 Å². The molecule has 4 rings (SSSR count). The lowest BCUT2D eigenvalue weighted by Crippen LogP contribution is -2.36. The van der Waals surface area contributed by atoms with Crippen molar-refractivity contribution in [3.63, 3.8) is 0 Å². The van der Waals surface area contributed by atoms with Crippen LogP contribution in [0.5, 0.6) is 0 Å². The molecule has 1 saturated heterocycles. The number of rotatable bonds is 3. The molecule has 1 aliphatic heterocycles. The van der Waals surface area contributed by atoms with Crippen LogP contribution in [0, 0.1) is 0 Å². The van der Waals surface area contributed by atoms with Gasteiger partial charge in [0.1, 0.15) is 5.56 Å². The maximum absolute atomic E-state index is 12.6. The van der Waals surface area contributed by atoms with Crippen molar-refractivity contribution in [2.45, 2.75) is 18.9 Å². The number of carboxylic acid groups (broad SMARTS) is 1. The van der Waals surface area contributed by atoms with Crippen LogP contribution < -0.4 is 10.3 Å². The molecule has 6 nitrogen and oxygen atoms in total. The van der Waals surface area contributed by atoms with Gasteiger partial charge in [0.05, 0.1) is 18.7 Å². The van der Waals surface area contributed by atoms with E-state index < -0.39 is 11.4 Å². The minimum atomic E-state index is -1.16. The molecule has 2 heterocycles. The molecule has 0 unspecified atom stereocenters. The number of nitrogens with zero attached hydrogens (tertiary/aromatic N) is 2. The molecule has 0 amide bonds. The van der Waals surface area contributed by atoms with Gasteiger partial charge in [-0.3, -0.25) is 4.79 Å². The van der Waals surface area contributed by atoms with Crippen molar-refractivity contribution in [1.82, 2.24) is 4.57 Å². The molecule has 1 aromatic heterocycles. The van der Waals surface area contributed by atoms with E-state index in [1.54, 1.807) is 0 Å². The van der Waals surface area contributed by atoms with Gasteiger partial charge >= 0.3 is 5.97 Å². The summed E-state index contributed by atoms with van der Waals surface area (Å²) in [5.41, 5.74) is 1.21. The Morgan fingerprint density at radius 3 is 2.61 bits per heavy atom. The summed E-state index contributed by atoms with van der Waals surface area (Å²) in [6.45, 7) is 2.89. The molecule has 1 N–H and O–H groups in total. The zero-order valence-corrected chi connectivity index (χ0v) is 12.7. The van der Waals surface area contributed by atoms with Crippen molar-refractivity contribution in [2.24, 2.45) is 0 Å². The van der Waals surface area contributed by atoms with Gasteiger partial charge in [0.2, 0.25) is 5.43 Å². The lowest BCUT2D eigenvalue weighted by molar-refractivity contribution is 0.0695. The molecule has 6 heteroatoms. The molecule has 1 aliphatic carbocycles. The summed E-state index contributed by atoms with van der Waals surface area (Å²) in [5, 5.41) is 9.82. The Balaban J connectivity index is 1.90. The van der Waals surface area contributed by atoms with Crippen LogP contribution in [0.25, 0.3) is 10.9 Å². The quantitative estimate of drug-likeness (QED) is 0.936. The Kier molecular flexibility index (Phi) is 3.34. The molecule has 0 atom stereocenters. The van der Waals surface area contributed by atoms with Crippen LogP contribution in [-0.2, 0) is 4.74 Å². The lowest BCUT2D eigenvalue weighted by Gasteiger charge is -2.29. The maximum atomic E-state index is 12.6. The number of benzene rings is 1. The fraction of sp³-hybridized carbons (Fsp3) is 0.412. The van der Waals surface area contributed by atoms with E-state index in [4.69, 9.17) is 4.74 Å². The van der Waals surface area contributed by atoms with Crippen molar-refractivity contribution < 1.29 is 14.6 Å². The van der Waals surface area contributed by atoms with Crippen LogP contribution >= 0.6 is 0 Å². The number of fused-ring (bicyclic) bond motifs is 1. The Labute approximate surface area is 132 Å². The number of anilines is 1. The maximum Gasteiger partial charge on any atom is 0.341 e. The molecule has 2 fully saturated rings. The summed E-state index contributed by atoms with van der Waals surface area (Å²) < 4.78 is 7.30. The summed E-state index contributed by atoms with van der Waals surface area (Å²) in [5.74, 6) is -1.16. The predicted molar refractivity (Wildman–Crippen MR) is 86.5 cm³/mol. The van der Waals surface area contributed by atoms with Crippen LogP contribution in [0.1, 0.15) is 29.2 Å². The highest BCUT2D eigenvalue weighted by Crippen LogP contribution is 2.37. The van der Waals surface area contributed by atoms with Gasteiger partial charge in [-0.25, -0.2) is 4.79 Å². The minimum absolute atomic E-state index is 0.150. The molecule has 0 bridgehead atoms. The van der Waals surface area contributed by atoms with E-state index >= 15 is 0 Å². The third-order valence-electron chi connectivity index (χ3n) is 4.56. The lowest BCUT2D eigenvalue weighted by atomic mass is 10.1.